The predicted molar refractivity (Wildman–Crippen MR) is 79.9 cm³/mol. The number of hydrogen-bond acceptors (Lipinski definition) is 3. The molecule has 0 saturated carbocycles. The molecule has 1 aromatic carbocycles. The van der Waals surface area contributed by atoms with Crippen LogP contribution in [0, 0.1) is 0 Å². The van der Waals surface area contributed by atoms with Crippen molar-refractivity contribution in [1.29, 1.82) is 0 Å². The molecule has 0 bridgehead atoms. The Balaban J connectivity index is 2.79. The number of benzene rings is 1. The van der Waals surface area contributed by atoms with Crippen molar-refractivity contribution < 1.29 is 4.79 Å². The van der Waals surface area contributed by atoms with E-state index in [1.165, 1.54) is 0 Å². The lowest BCUT2D eigenvalue weighted by molar-refractivity contribution is -0.126. The van der Waals surface area contributed by atoms with E-state index in [9.17, 15) is 4.79 Å². The molecule has 1 amide bonds. The van der Waals surface area contributed by atoms with Crippen molar-refractivity contribution in [2.45, 2.75) is 32.2 Å². The molecule has 0 spiro atoms. The van der Waals surface area contributed by atoms with Crippen molar-refractivity contribution >= 4 is 23.4 Å². The lowest BCUT2D eigenvalue weighted by Gasteiger charge is -2.26. The number of nitrogens with one attached hydrogen (secondary N) is 1. The van der Waals surface area contributed by atoms with Crippen LogP contribution in [0.15, 0.2) is 24.3 Å². The molecule has 1 rings (SSSR count). The number of carbonyl (C=O) groups is 1. The summed E-state index contributed by atoms with van der Waals surface area (Å²) in [4.78, 5) is 12.3. The van der Waals surface area contributed by atoms with Gasteiger partial charge >= 0.3 is 0 Å². The van der Waals surface area contributed by atoms with Crippen LogP contribution in [0.5, 0.6) is 0 Å². The van der Waals surface area contributed by atoms with Crippen molar-refractivity contribution in [3.63, 3.8) is 0 Å². The molecular formula is C14H22N2OS. The molecule has 3 nitrogen and oxygen atoms in total. The minimum atomic E-state index is -0.541. The molecule has 1 unspecified atom stereocenters. The molecule has 0 saturated heterocycles. The van der Waals surface area contributed by atoms with Crippen LogP contribution in [0.2, 0.25) is 0 Å². The molecule has 0 fully saturated rings. The highest BCUT2D eigenvalue weighted by Gasteiger charge is 2.30. The average molecular weight is 266 g/mol. The fraction of sp³-hybridized carbons (Fsp3) is 0.500. The van der Waals surface area contributed by atoms with E-state index < -0.39 is 5.41 Å². The summed E-state index contributed by atoms with van der Waals surface area (Å²) < 4.78 is 0. The second-order valence-corrected chi connectivity index (χ2v) is 5.99. The van der Waals surface area contributed by atoms with E-state index >= 15 is 0 Å². The average Bonchev–Trinajstić information content (AvgIpc) is 2.29. The third-order valence-electron chi connectivity index (χ3n) is 2.99. The number of anilines is 1. The summed E-state index contributed by atoms with van der Waals surface area (Å²) >= 11 is 1.73. The molecule has 0 aliphatic carbocycles. The Labute approximate surface area is 114 Å². The standard InChI is InChI=1S/C14H22N2OS/c1-10(9-18-4)16-13(17)14(2,3)11-5-7-12(15)8-6-11/h5-8,10H,9,15H2,1-4H3,(H,16,17). The van der Waals surface area contributed by atoms with Gasteiger partial charge in [-0.25, -0.2) is 0 Å². The smallest absolute Gasteiger partial charge is 0.230 e. The zero-order chi connectivity index (χ0) is 13.8. The Morgan fingerprint density at radius 3 is 2.44 bits per heavy atom. The van der Waals surface area contributed by atoms with Gasteiger partial charge in [0, 0.05) is 17.5 Å². The van der Waals surface area contributed by atoms with Gasteiger partial charge in [-0.2, -0.15) is 11.8 Å². The van der Waals surface area contributed by atoms with Crippen molar-refractivity contribution in [2.75, 3.05) is 17.7 Å². The number of amides is 1. The number of carbonyl (C=O) groups excluding carboxylic acids is 1. The third-order valence-corrected chi connectivity index (χ3v) is 3.83. The molecule has 0 aliphatic rings. The van der Waals surface area contributed by atoms with Crippen LogP contribution in [0.3, 0.4) is 0 Å². The van der Waals surface area contributed by atoms with Crippen LogP contribution < -0.4 is 11.1 Å². The fourth-order valence-corrected chi connectivity index (χ4v) is 2.31. The lowest BCUT2D eigenvalue weighted by Crippen LogP contribution is -2.45. The highest BCUT2D eigenvalue weighted by Crippen LogP contribution is 2.24. The Kier molecular flexibility index (Phi) is 5.08. The van der Waals surface area contributed by atoms with Crippen LogP contribution in [0.25, 0.3) is 0 Å². The maximum absolute atomic E-state index is 12.3. The van der Waals surface area contributed by atoms with Gasteiger partial charge in [0.05, 0.1) is 5.41 Å². The van der Waals surface area contributed by atoms with E-state index in [1.54, 1.807) is 11.8 Å². The number of hydrogen-bond donors (Lipinski definition) is 2. The Bertz CT molecular complexity index is 401. The lowest BCUT2D eigenvalue weighted by atomic mass is 9.83. The predicted octanol–water partition coefficient (Wildman–Crippen LogP) is 2.41. The molecule has 0 heterocycles. The molecule has 3 N–H and O–H groups in total. The summed E-state index contributed by atoms with van der Waals surface area (Å²) in [5.74, 6) is 0.970. The van der Waals surface area contributed by atoms with Crippen molar-refractivity contribution in [2.24, 2.45) is 0 Å². The van der Waals surface area contributed by atoms with Crippen LogP contribution in [0.1, 0.15) is 26.3 Å². The van der Waals surface area contributed by atoms with Gasteiger partial charge in [-0.15, -0.1) is 0 Å². The fourth-order valence-electron chi connectivity index (χ4n) is 1.73. The Morgan fingerprint density at radius 2 is 1.94 bits per heavy atom. The monoisotopic (exact) mass is 266 g/mol. The quantitative estimate of drug-likeness (QED) is 0.805. The van der Waals surface area contributed by atoms with Crippen molar-refractivity contribution in [3.8, 4) is 0 Å². The van der Waals surface area contributed by atoms with Crippen LogP contribution >= 0.6 is 11.8 Å². The zero-order valence-electron chi connectivity index (χ0n) is 11.5. The molecule has 1 atom stereocenters. The minimum Gasteiger partial charge on any atom is -0.399 e. The van der Waals surface area contributed by atoms with E-state index in [0.717, 1.165) is 11.3 Å². The van der Waals surface area contributed by atoms with Gasteiger partial charge in [-0.05, 0) is 44.7 Å². The number of nitrogens with two attached hydrogens (primary N) is 1. The van der Waals surface area contributed by atoms with E-state index in [4.69, 9.17) is 5.73 Å². The molecule has 4 heteroatoms. The van der Waals surface area contributed by atoms with Gasteiger partial charge in [-0.3, -0.25) is 4.79 Å². The van der Waals surface area contributed by atoms with Crippen LogP contribution in [-0.4, -0.2) is 24.0 Å². The second-order valence-electron chi connectivity index (χ2n) is 5.08. The van der Waals surface area contributed by atoms with Gasteiger partial charge < -0.3 is 11.1 Å². The van der Waals surface area contributed by atoms with E-state index in [2.05, 4.69) is 5.32 Å². The largest absolute Gasteiger partial charge is 0.399 e. The molecule has 1 aromatic rings. The van der Waals surface area contributed by atoms with Crippen LogP contribution in [-0.2, 0) is 10.2 Å². The van der Waals surface area contributed by atoms with Gasteiger partial charge in [0.1, 0.15) is 0 Å². The molecule has 100 valence electrons. The van der Waals surface area contributed by atoms with E-state index in [0.29, 0.717) is 5.69 Å². The first-order valence-electron chi connectivity index (χ1n) is 6.04. The van der Waals surface area contributed by atoms with Crippen molar-refractivity contribution in [3.05, 3.63) is 29.8 Å². The van der Waals surface area contributed by atoms with Crippen LogP contribution in [0.4, 0.5) is 5.69 Å². The molecular weight excluding hydrogens is 244 g/mol. The molecule has 0 radical (unpaired) electrons. The maximum Gasteiger partial charge on any atom is 0.230 e. The van der Waals surface area contributed by atoms with Gasteiger partial charge in [0.2, 0.25) is 5.91 Å². The number of nitrogen functional groups attached to an aromatic ring is 1. The highest BCUT2D eigenvalue weighted by atomic mass is 32.2. The number of thioether (sulfide) groups is 1. The molecule has 0 aromatic heterocycles. The normalized spacial score (nSPS) is 13.1. The summed E-state index contributed by atoms with van der Waals surface area (Å²) in [6.45, 7) is 5.88. The van der Waals surface area contributed by atoms with E-state index in [1.807, 2.05) is 51.3 Å². The first-order valence-corrected chi connectivity index (χ1v) is 7.43. The first-order chi connectivity index (χ1) is 8.37. The molecule has 0 aliphatic heterocycles. The Morgan fingerprint density at radius 1 is 1.39 bits per heavy atom. The summed E-state index contributed by atoms with van der Waals surface area (Å²) in [6, 6.07) is 7.66. The summed E-state index contributed by atoms with van der Waals surface area (Å²) in [5.41, 5.74) is 6.81. The minimum absolute atomic E-state index is 0.0498. The first kappa shape index (κ1) is 14.9. The topological polar surface area (TPSA) is 55.1 Å². The summed E-state index contributed by atoms with van der Waals surface area (Å²) in [7, 11) is 0. The van der Waals surface area contributed by atoms with Gasteiger partial charge in [-0.1, -0.05) is 12.1 Å². The maximum atomic E-state index is 12.3. The SMILES string of the molecule is CSCC(C)NC(=O)C(C)(C)c1ccc(N)cc1. The van der Waals surface area contributed by atoms with Gasteiger partial charge in [0.15, 0.2) is 0 Å². The highest BCUT2D eigenvalue weighted by molar-refractivity contribution is 7.98. The van der Waals surface area contributed by atoms with Crippen molar-refractivity contribution in [1.82, 2.24) is 5.32 Å². The third kappa shape index (κ3) is 3.67. The second kappa shape index (κ2) is 6.14. The van der Waals surface area contributed by atoms with Gasteiger partial charge in [0.25, 0.3) is 0 Å². The molecule has 18 heavy (non-hydrogen) atoms. The summed E-state index contributed by atoms with van der Waals surface area (Å²) in [6.07, 6.45) is 2.04. The number of rotatable bonds is 5. The van der Waals surface area contributed by atoms with E-state index in [-0.39, 0.29) is 11.9 Å². The zero-order valence-corrected chi connectivity index (χ0v) is 12.3. The summed E-state index contributed by atoms with van der Waals surface area (Å²) in [5, 5.41) is 3.04. The Hall–Kier alpha value is -1.16.